The lowest BCUT2D eigenvalue weighted by Gasteiger charge is -2.10. The summed E-state index contributed by atoms with van der Waals surface area (Å²) in [5, 5.41) is 3.37. The number of anilines is 1. The molecule has 1 aliphatic heterocycles. The first-order valence-corrected chi connectivity index (χ1v) is 7.75. The van der Waals surface area contributed by atoms with Gasteiger partial charge in [-0.1, -0.05) is 29.3 Å². The zero-order valence-corrected chi connectivity index (χ0v) is 14.1. The molecule has 1 aliphatic rings. The molecule has 0 fully saturated rings. The Balaban J connectivity index is 1.91. The van der Waals surface area contributed by atoms with Crippen molar-refractivity contribution in [3.63, 3.8) is 0 Å². The van der Waals surface area contributed by atoms with Crippen LogP contribution in [0, 0.1) is 6.92 Å². The average Bonchev–Trinajstić information content (AvgIpc) is 2.78. The number of hydrogen-bond donors (Lipinski definition) is 1. The van der Waals surface area contributed by atoms with Gasteiger partial charge in [-0.15, -0.1) is 0 Å². The maximum atomic E-state index is 12.5. The number of nitrogens with one attached hydrogen (secondary N) is 1. The van der Waals surface area contributed by atoms with E-state index in [2.05, 4.69) is 5.32 Å². The van der Waals surface area contributed by atoms with Crippen LogP contribution < -0.4 is 14.8 Å². The minimum atomic E-state index is -0.231. The SMILES string of the molecule is COc1cc(Cl)cc2c1OC=CC(C(=O)Nc1ccc(C)cc1)=C2. The van der Waals surface area contributed by atoms with E-state index in [9.17, 15) is 4.79 Å². The molecular formula is C19H16ClNO3. The van der Waals surface area contributed by atoms with Crippen molar-refractivity contribution in [3.05, 3.63) is 70.5 Å². The maximum Gasteiger partial charge on any atom is 0.255 e. The maximum absolute atomic E-state index is 12.5. The molecule has 3 rings (SSSR count). The second-order valence-electron chi connectivity index (χ2n) is 5.37. The van der Waals surface area contributed by atoms with Crippen LogP contribution in [0.15, 0.2) is 54.3 Å². The topological polar surface area (TPSA) is 47.6 Å². The third kappa shape index (κ3) is 3.44. The summed E-state index contributed by atoms with van der Waals surface area (Å²) >= 11 is 6.10. The molecule has 0 saturated carbocycles. The molecule has 0 aromatic heterocycles. The van der Waals surface area contributed by atoms with Crippen molar-refractivity contribution in [2.45, 2.75) is 6.92 Å². The zero-order valence-electron chi connectivity index (χ0n) is 13.3. The number of methoxy groups -OCH3 is 1. The summed E-state index contributed by atoms with van der Waals surface area (Å²) < 4.78 is 10.9. The standard InChI is InChI=1S/C19H16ClNO3/c1-12-3-5-16(6-4-12)21-19(22)13-7-8-24-18-14(9-13)10-15(20)11-17(18)23-2/h3-11H,1-2H3,(H,21,22). The van der Waals surface area contributed by atoms with Crippen LogP contribution in [0.4, 0.5) is 5.69 Å². The van der Waals surface area contributed by atoms with E-state index in [1.807, 2.05) is 31.2 Å². The number of halogens is 1. The highest BCUT2D eigenvalue weighted by atomic mass is 35.5. The van der Waals surface area contributed by atoms with E-state index in [4.69, 9.17) is 21.1 Å². The summed E-state index contributed by atoms with van der Waals surface area (Å²) in [5.41, 5.74) is 3.00. The highest BCUT2D eigenvalue weighted by Crippen LogP contribution is 2.37. The van der Waals surface area contributed by atoms with Crippen LogP contribution in [-0.4, -0.2) is 13.0 Å². The molecule has 1 amide bonds. The highest BCUT2D eigenvalue weighted by molar-refractivity contribution is 6.31. The van der Waals surface area contributed by atoms with E-state index in [0.717, 1.165) is 11.3 Å². The van der Waals surface area contributed by atoms with Crippen LogP contribution in [0.1, 0.15) is 11.1 Å². The molecule has 0 bridgehead atoms. The van der Waals surface area contributed by atoms with Crippen molar-refractivity contribution < 1.29 is 14.3 Å². The van der Waals surface area contributed by atoms with E-state index in [-0.39, 0.29) is 5.91 Å². The predicted molar refractivity (Wildman–Crippen MR) is 95.6 cm³/mol. The Morgan fingerprint density at radius 3 is 2.67 bits per heavy atom. The van der Waals surface area contributed by atoms with Gasteiger partial charge in [-0.3, -0.25) is 4.79 Å². The summed E-state index contributed by atoms with van der Waals surface area (Å²) in [7, 11) is 1.54. The molecule has 0 saturated heterocycles. The average molecular weight is 342 g/mol. The third-order valence-corrected chi connectivity index (χ3v) is 3.80. The molecule has 4 nitrogen and oxygen atoms in total. The molecular weight excluding hydrogens is 326 g/mol. The number of benzene rings is 2. The largest absolute Gasteiger partial charge is 0.493 e. The van der Waals surface area contributed by atoms with Crippen molar-refractivity contribution in [1.29, 1.82) is 0 Å². The Morgan fingerprint density at radius 2 is 1.96 bits per heavy atom. The number of ether oxygens (including phenoxy) is 2. The van der Waals surface area contributed by atoms with Crippen molar-refractivity contribution in [3.8, 4) is 11.5 Å². The Kier molecular flexibility index (Phi) is 4.58. The predicted octanol–water partition coefficient (Wildman–Crippen LogP) is 4.59. The van der Waals surface area contributed by atoms with E-state index in [0.29, 0.717) is 27.7 Å². The number of aryl methyl sites for hydroxylation is 1. The monoisotopic (exact) mass is 341 g/mol. The van der Waals surface area contributed by atoms with E-state index >= 15 is 0 Å². The van der Waals surface area contributed by atoms with Gasteiger partial charge in [-0.25, -0.2) is 0 Å². The molecule has 1 heterocycles. The van der Waals surface area contributed by atoms with Crippen molar-refractivity contribution in [1.82, 2.24) is 0 Å². The van der Waals surface area contributed by atoms with Crippen LogP contribution in [-0.2, 0) is 4.79 Å². The van der Waals surface area contributed by atoms with Gasteiger partial charge < -0.3 is 14.8 Å². The van der Waals surface area contributed by atoms with Crippen LogP contribution in [0.25, 0.3) is 6.08 Å². The molecule has 122 valence electrons. The van der Waals surface area contributed by atoms with Gasteiger partial charge in [0.1, 0.15) is 0 Å². The van der Waals surface area contributed by atoms with Gasteiger partial charge in [0, 0.05) is 27.9 Å². The molecule has 0 radical (unpaired) electrons. The summed E-state index contributed by atoms with van der Waals surface area (Å²) in [6, 6.07) is 11.0. The van der Waals surface area contributed by atoms with Crippen LogP contribution in [0.5, 0.6) is 11.5 Å². The van der Waals surface area contributed by atoms with E-state index < -0.39 is 0 Å². The van der Waals surface area contributed by atoms with Crippen LogP contribution in [0.2, 0.25) is 5.02 Å². The smallest absolute Gasteiger partial charge is 0.255 e. The lowest BCUT2D eigenvalue weighted by Crippen LogP contribution is -2.13. The first-order valence-electron chi connectivity index (χ1n) is 7.37. The quantitative estimate of drug-likeness (QED) is 0.888. The normalized spacial score (nSPS) is 12.5. The molecule has 0 unspecified atom stereocenters. The molecule has 2 aromatic carbocycles. The fraction of sp³-hybridized carbons (Fsp3) is 0.105. The van der Waals surface area contributed by atoms with Crippen molar-refractivity contribution in [2.24, 2.45) is 0 Å². The Morgan fingerprint density at radius 1 is 1.21 bits per heavy atom. The molecule has 0 atom stereocenters. The van der Waals surface area contributed by atoms with Gasteiger partial charge in [0.25, 0.3) is 5.91 Å². The fourth-order valence-corrected chi connectivity index (χ4v) is 2.56. The minimum Gasteiger partial charge on any atom is -0.493 e. The molecule has 2 aromatic rings. The summed E-state index contributed by atoms with van der Waals surface area (Å²) in [6.45, 7) is 1.99. The summed E-state index contributed by atoms with van der Waals surface area (Å²) in [4.78, 5) is 12.5. The number of carbonyl (C=O) groups excluding carboxylic acids is 1. The number of fused-ring (bicyclic) bond motifs is 1. The summed E-state index contributed by atoms with van der Waals surface area (Å²) in [5.74, 6) is 0.806. The van der Waals surface area contributed by atoms with Gasteiger partial charge in [0.15, 0.2) is 11.5 Å². The molecule has 1 N–H and O–H groups in total. The van der Waals surface area contributed by atoms with Gasteiger partial charge in [-0.05, 0) is 37.3 Å². The zero-order chi connectivity index (χ0) is 17.1. The second kappa shape index (κ2) is 6.81. The van der Waals surface area contributed by atoms with Gasteiger partial charge in [0.2, 0.25) is 0 Å². The number of hydrogen-bond acceptors (Lipinski definition) is 3. The van der Waals surface area contributed by atoms with Crippen LogP contribution >= 0.6 is 11.6 Å². The van der Waals surface area contributed by atoms with Crippen LogP contribution in [0.3, 0.4) is 0 Å². The Labute approximate surface area is 145 Å². The van der Waals surface area contributed by atoms with Crippen molar-refractivity contribution in [2.75, 3.05) is 12.4 Å². The third-order valence-electron chi connectivity index (χ3n) is 3.58. The molecule has 5 heteroatoms. The molecule has 0 aliphatic carbocycles. The van der Waals surface area contributed by atoms with Gasteiger partial charge >= 0.3 is 0 Å². The van der Waals surface area contributed by atoms with E-state index in [1.54, 1.807) is 31.4 Å². The molecule has 0 spiro atoms. The van der Waals surface area contributed by atoms with Crippen molar-refractivity contribution >= 4 is 29.3 Å². The Hall–Kier alpha value is -2.72. The first kappa shape index (κ1) is 16.1. The number of carbonyl (C=O) groups is 1. The fourth-order valence-electron chi connectivity index (χ4n) is 2.35. The lowest BCUT2D eigenvalue weighted by atomic mass is 10.1. The summed E-state index contributed by atoms with van der Waals surface area (Å²) in [6.07, 6.45) is 4.79. The number of amides is 1. The Bertz CT molecular complexity index is 838. The van der Waals surface area contributed by atoms with E-state index in [1.165, 1.54) is 6.26 Å². The minimum absolute atomic E-state index is 0.231. The second-order valence-corrected chi connectivity index (χ2v) is 5.80. The lowest BCUT2D eigenvalue weighted by molar-refractivity contribution is -0.112. The first-order chi connectivity index (χ1) is 11.6. The highest BCUT2D eigenvalue weighted by Gasteiger charge is 2.16. The van der Waals surface area contributed by atoms with Gasteiger partial charge in [0.05, 0.1) is 13.4 Å². The molecule has 24 heavy (non-hydrogen) atoms. The number of rotatable bonds is 3. The van der Waals surface area contributed by atoms with Gasteiger partial charge in [-0.2, -0.15) is 0 Å².